The summed E-state index contributed by atoms with van der Waals surface area (Å²) in [4.78, 5) is 4.58. The predicted molar refractivity (Wildman–Crippen MR) is 75.3 cm³/mol. The van der Waals surface area contributed by atoms with Gasteiger partial charge in [0.05, 0.1) is 0 Å². The maximum absolute atomic E-state index is 4.58. The van der Waals surface area contributed by atoms with Gasteiger partial charge in [-0.1, -0.05) is 0 Å². The number of hydrogen-bond acceptors (Lipinski definition) is 1. The molecule has 1 nitrogen and oxygen atoms in total. The van der Waals surface area contributed by atoms with E-state index >= 15 is 0 Å². The Bertz CT molecular complexity index is 491. The third kappa shape index (κ3) is 3.87. The fourth-order valence-electron chi connectivity index (χ4n) is 1.53. The maximum atomic E-state index is 4.58. The van der Waals surface area contributed by atoms with Crippen LogP contribution in [0.3, 0.4) is 0 Å². The molecule has 0 fully saturated rings. The van der Waals surface area contributed by atoms with E-state index in [0.29, 0.717) is 15.0 Å². The van der Waals surface area contributed by atoms with Gasteiger partial charge >= 0.3 is 109 Å². The first-order chi connectivity index (χ1) is 8.36. The summed E-state index contributed by atoms with van der Waals surface area (Å²) in [6.07, 6.45) is 5.99. The van der Waals surface area contributed by atoms with E-state index in [4.69, 9.17) is 0 Å². The van der Waals surface area contributed by atoms with E-state index in [1.165, 1.54) is 4.46 Å². The van der Waals surface area contributed by atoms with Crippen LogP contribution >= 0.6 is 0 Å². The monoisotopic (exact) mass is 289 g/mol. The molecule has 0 bridgehead atoms. The Morgan fingerprint density at radius 2 is 2.12 bits per heavy atom. The molecular weight excluding hydrogens is 273 g/mol. The fraction of sp³-hybridized carbons (Fsp3) is 0.200. The Morgan fingerprint density at radius 1 is 1.29 bits per heavy atom. The van der Waals surface area contributed by atoms with Gasteiger partial charge in [-0.2, -0.15) is 0 Å². The summed E-state index contributed by atoms with van der Waals surface area (Å²) in [6, 6.07) is 10.7. The molecule has 0 amide bonds. The Morgan fingerprint density at radius 3 is 2.82 bits per heavy atom. The van der Waals surface area contributed by atoms with E-state index in [2.05, 4.69) is 54.1 Å². The van der Waals surface area contributed by atoms with E-state index in [-0.39, 0.29) is 0 Å². The van der Waals surface area contributed by atoms with Crippen molar-refractivity contribution in [1.82, 2.24) is 0 Å². The predicted octanol–water partition coefficient (Wildman–Crippen LogP) is 2.55. The van der Waals surface area contributed by atoms with Gasteiger partial charge in [0, 0.05) is 0 Å². The zero-order valence-corrected chi connectivity index (χ0v) is 11.6. The number of allylic oxidation sites excluding steroid dienone is 3. The van der Waals surface area contributed by atoms with Crippen molar-refractivity contribution >= 4 is 25.1 Å². The van der Waals surface area contributed by atoms with Crippen molar-refractivity contribution in [1.29, 1.82) is 0 Å². The molecule has 2 heteroatoms. The van der Waals surface area contributed by atoms with Gasteiger partial charge in [-0.3, -0.25) is 0 Å². The Labute approximate surface area is 109 Å². The first-order valence-corrected chi connectivity index (χ1v) is 7.76. The molecule has 0 saturated heterocycles. The third-order valence-electron chi connectivity index (χ3n) is 2.44. The van der Waals surface area contributed by atoms with Crippen molar-refractivity contribution in [3.8, 4) is 0 Å². The van der Waals surface area contributed by atoms with Gasteiger partial charge in [0.1, 0.15) is 0 Å². The minimum absolute atomic E-state index is 0.542. The van der Waals surface area contributed by atoms with Crippen molar-refractivity contribution in [2.24, 2.45) is 4.99 Å². The van der Waals surface area contributed by atoms with Crippen LogP contribution in [0.5, 0.6) is 0 Å². The molecule has 1 aliphatic carbocycles. The van der Waals surface area contributed by atoms with Crippen molar-refractivity contribution < 1.29 is 0 Å². The second-order valence-electron chi connectivity index (χ2n) is 3.71. The number of benzene rings is 1. The molecule has 0 aliphatic heterocycles. The second-order valence-corrected chi connectivity index (χ2v) is 6.16. The summed E-state index contributed by atoms with van der Waals surface area (Å²) in [5.74, 6) is 0. The van der Waals surface area contributed by atoms with Gasteiger partial charge in [-0.05, 0) is 0 Å². The summed E-state index contributed by atoms with van der Waals surface area (Å²) < 4.78 is 1.45. The summed E-state index contributed by atoms with van der Waals surface area (Å²) in [7, 11) is 0. The fourth-order valence-corrected chi connectivity index (χ4v) is 3.15. The molecular formula is C15H15NSe. The van der Waals surface area contributed by atoms with Gasteiger partial charge in [-0.25, -0.2) is 0 Å². The number of nitrogens with zero attached hydrogens (tertiary/aromatic N) is 1. The molecule has 0 heterocycles. The molecule has 0 saturated carbocycles. The van der Waals surface area contributed by atoms with Gasteiger partial charge < -0.3 is 0 Å². The molecule has 0 N–H and O–H groups in total. The summed E-state index contributed by atoms with van der Waals surface area (Å²) in [6.45, 7) is 2.97. The van der Waals surface area contributed by atoms with Crippen LogP contribution in [-0.2, 0) is 0 Å². The van der Waals surface area contributed by atoms with Gasteiger partial charge in [0.15, 0.2) is 0 Å². The molecule has 0 atom stereocenters. The van der Waals surface area contributed by atoms with Crippen LogP contribution < -0.4 is 4.46 Å². The minimum atomic E-state index is 0.542. The number of aliphatic imine (C=N–C) groups is 1. The first kappa shape index (κ1) is 12.1. The Hall–Kier alpha value is -1.33. The topological polar surface area (TPSA) is 12.4 Å². The van der Waals surface area contributed by atoms with E-state index in [0.717, 1.165) is 23.1 Å². The SMILES string of the molecule is CC(=NCC[Se]c1ccccc1)C1=C=CC=C1. The summed E-state index contributed by atoms with van der Waals surface area (Å²) in [5, 5.41) is 1.16. The molecule has 0 unspecified atom stereocenters. The van der Waals surface area contributed by atoms with E-state index in [1.54, 1.807) is 0 Å². The van der Waals surface area contributed by atoms with Crippen LogP contribution in [0.1, 0.15) is 6.92 Å². The molecule has 1 aromatic rings. The zero-order valence-electron chi connectivity index (χ0n) is 9.89. The van der Waals surface area contributed by atoms with Crippen LogP contribution in [-0.4, -0.2) is 27.2 Å². The van der Waals surface area contributed by atoms with Gasteiger partial charge in [-0.15, -0.1) is 0 Å². The quantitative estimate of drug-likeness (QED) is 0.342. The third-order valence-corrected chi connectivity index (χ3v) is 4.52. The molecule has 1 aliphatic rings. The van der Waals surface area contributed by atoms with Crippen molar-refractivity contribution in [3.05, 3.63) is 59.9 Å². The van der Waals surface area contributed by atoms with E-state index in [9.17, 15) is 0 Å². The van der Waals surface area contributed by atoms with Crippen LogP contribution in [0.4, 0.5) is 0 Å². The summed E-state index contributed by atoms with van der Waals surface area (Å²) >= 11 is 0.542. The van der Waals surface area contributed by atoms with Crippen molar-refractivity contribution in [2.45, 2.75) is 12.2 Å². The van der Waals surface area contributed by atoms with Crippen LogP contribution in [0.25, 0.3) is 0 Å². The molecule has 0 aromatic heterocycles. The van der Waals surface area contributed by atoms with E-state index < -0.39 is 0 Å². The average molecular weight is 288 g/mol. The van der Waals surface area contributed by atoms with Crippen molar-refractivity contribution in [2.75, 3.05) is 6.54 Å². The molecule has 0 radical (unpaired) electrons. The molecule has 86 valence electrons. The molecule has 2 rings (SSSR count). The number of hydrogen-bond donors (Lipinski definition) is 0. The second kappa shape index (κ2) is 6.42. The molecule has 1 aromatic carbocycles. The molecule has 17 heavy (non-hydrogen) atoms. The Balaban J connectivity index is 1.78. The normalized spacial score (nSPS) is 14.2. The standard InChI is InChI=1S/C15H15NSe/c1-13(14-7-5-6-8-14)16-11-12-17-15-9-3-2-4-10-15/h2-7,9-10H,11-12H2,1H3. The Kier molecular flexibility index (Phi) is 4.58. The van der Waals surface area contributed by atoms with Crippen LogP contribution in [0.2, 0.25) is 5.32 Å². The first-order valence-electron chi connectivity index (χ1n) is 5.69. The van der Waals surface area contributed by atoms with Crippen LogP contribution in [0, 0.1) is 0 Å². The van der Waals surface area contributed by atoms with Gasteiger partial charge in [0.2, 0.25) is 0 Å². The van der Waals surface area contributed by atoms with Gasteiger partial charge in [0.25, 0.3) is 0 Å². The molecule has 0 spiro atoms. The van der Waals surface area contributed by atoms with E-state index in [1.807, 2.05) is 12.2 Å². The average Bonchev–Trinajstić information content (AvgIpc) is 2.89. The van der Waals surface area contributed by atoms with Crippen LogP contribution in [0.15, 0.2) is 64.9 Å². The van der Waals surface area contributed by atoms with Crippen molar-refractivity contribution in [3.63, 3.8) is 0 Å². The zero-order chi connectivity index (χ0) is 11.9. The number of rotatable bonds is 5. The summed E-state index contributed by atoms with van der Waals surface area (Å²) in [5.41, 5.74) is 5.39.